The molecule has 7 nitrogen and oxygen atoms in total. The molecule has 0 spiro atoms. The standard InChI is InChI=1S/C10H18N2O5S/c13-10(14)7-9-8-17-6-5-12(9)18(15,16)11-3-1-2-4-11/h9H,1-8H2,(H,13,14). The summed E-state index contributed by atoms with van der Waals surface area (Å²) < 4.78 is 32.7. The van der Waals surface area contributed by atoms with E-state index in [0.717, 1.165) is 12.8 Å². The molecule has 0 aromatic rings. The highest BCUT2D eigenvalue weighted by Crippen LogP contribution is 2.22. The van der Waals surface area contributed by atoms with Crippen molar-refractivity contribution >= 4 is 16.2 Å². The minimum atomic E-state index is -3.53. The van der Waals surface area contributed by atoms with Crippen LogP contribution in [0, 0.1) is 0 Å². The Hall–Kier alpha value is -0.700. The van der Waals surface area contributed by atoms with Crippen LogP contribution in [0.4, 0.5) is 0 Å². The molecule has 0 amide bonds. The predicted molar refractivity (Wildman–Crippen MR) is 63.3 cm³/mol. The molecule has 2 fully saturated rings. The fraction of sp³-hybridized carbons (Fsp3) is 0.900. The van der Waals surface area contributed by atoms with Gasteiger partial charge in [-0.3, -0.25) is 4.79 Å². The number of ether oxygens (including phenoxy) is 1. The Balaban J connectivity index is 2.14. The maximum Gasteiger partial charge on any atom is 0.305 e. The molecular weight excluding hydrogens is 260 g/mol. The summed E-state index contributed by atoms with van der Waals surface area (Å²) in [5.74, 6) is -1.01. The second-order valence-corrected chi connectivity index (χ2v) is 6.43. The molecule has 0 saturated carbocycles. The zero-order valence-corrected chi connectivity index (χ0v) is 10.9. The Kier molecular flexibility index (Phi) is 4.21. The molecule has 1 atom stereocenters. The van der Waals surface area contributed by atoms with Crippen molar-refractivity contribution in [3.05, 3.63) is 0 Å². The molecule has 18 heavy (non-hydrogen) atoms. The highest BCUT2D eigenvalue weighted by Gasteiger charge is 2.38. The molecule has 2 saturated heterocycles. The van der Waals surface area contributed by atoms with Gasteiger partial charge in [0.05, 0.1) is 25.7 Å². The number of nitrogens with zero attached hydrogens (tertiary/aromatic N) is 2. The van der Waals surface area contributed by atoms with Gasteiger partial charge < -0.3 is 9.84 Å². The van der Waals surface area contributed by atoms with Crippen molar-refractivity contribution in [2.45, 2.75) is 25.3 Å². The third-order valence-electron chi connectivity index (χ3n) is 3.27. The van der Waals surface area contributed by atoms with Crippen LogP contribution in [0.15, 0.2) is 0 Å². The van der Waals surface area contributed by atoms with Crippen molar-refractivity contribution < 1.29 is 23.1 Å². The predicted octanol–water partition coefficient (Wildman–Crippen LogP) is -0.497. The first-order valence-corrected chi connectivity index (χ1v) is 7.48. The molecule has 2 aliphatic heterocycles. The molecule has 0 radical (unpaired) electrons. The van der Waals surface area contributed by atoms with Gasteiger partial charge in [0.1, 0.15) is 0 Å². The summed E-state index contributed by atoms with van der Waals surface area (Å²) >= 11 is 0. The molecule has 1 N–H and O–H groups in total. The lowest BCUT2D eigenvalue weighted by Crippen LogP contribution is -2.53. The van der Waals surface area contributed by atoms with Crippen LogP contribution in [-0.4, -0.2) is 67.0 Å². The monoisotopic (exact) mass is 278 g/mol. The third kappa shape index (κ3) is 2.82. The van der Waals surface area contributed by atoms with E-state index in [0.29, 0.717) is 19.7 Å². The van der Waals surface area contributed by atoms with Crippen LogP contribution in [0.25, 0.3) is 0 Å². The van der Waals surface area contributed by atoms with Gasteiger partial charge in [-0.2, -0.15) is 17.0 Å². The number of carboxylic acid groups (broad SMARTS) is 1. The molecule has 8 heteroatoms. The summed E-state index contributed by atoms with van der Waals surface area (Å²) in [6, 6.07) is -0.596. The van der Waals surface area contributed by atoms with Gasteiger partial charge in [-0.25, -0.2) is 0 Å². The molecule has 0 aromatic carbocycles. The number of morpholine rings is 1. The second kappa shape index (κ2) is 5.52. The molecule has 0 aromatic heterocycles. The van der Waals surface area contributed by atoms with E-state index >= 15 is 0 Å². The maximum atomic E-state index is 12.4. The lowest BCUT2D eigenvalue weighted by molar-refractivity contribution is -0.139. The minimum Gasteiger partial charge on any atom is -0.481 e. The van der Waals surface area contributed by atoms with E-state index in [-0.39, 0.29) is 19.6 Å². The maximum absolute atomic E-state index is 12.4. The Morgan fingerprint density at radius 1 is 1.28 bits per heavy atom. The fourth-order valence-corrected chi connectivity index (χ4v) is 4.21. The van der Waals surface area contributed by atoms with Gasteiger partial charge >= 0.3 is 5.97 Å². The smallest absolute Gasteiger partial charge is 0.305 e. The third-order valence-corrected chi connectivity index (χ3v) is 5.36. The zero-order valence-electron chi connectivity index (χ0n) is 10.1. The molecule has 2 heterocycles. The molecular formula is C10H18N2O5S. The topological polar surface area (TPSA) is 87.1 Å². The number of hydrogen-bond donors (Lipinski definition) is 1. The lowest BCUT2D eigenvalue weighted by atomic mass is 10.2. The molecule has 0 aliphatic carbocycles. The average molecular weight is 278 g/mol. The van der Waals surface area contributed by atoms with E-state index in [1.165, 1.54) is 8.61 Å². The first-order chi connectivity index (χ1) is 8.51. The number of hydrogen-bond acceptors (Lipinski definition) is 4. The second-order valence-electron chi connectivity index (χ2n) is 4.55. The number of carbonyl (C=O) groups is 1. The van der Waals surface area contributed by atoms with Crippen molar-refractivity contribution in [2.24, 2.45) is 0 Å². The van der Waals surface area contributed by atoms with Crippen LogP contribution >= 0.6 is 0 Å². The summed E-state index contributed by atoms with van der Waals surface area (Å²) in [7, 11) is -3.53. The fourth-order valence-electron chi connectivity index (χ4n) is 2.37. The first-order valence-electron chi connectivity index (χ1n) is 6.08. The zero-order chi connectivity index (χ0) is 13.2. The van der Waals surface area contributed by atoms with E-state index in [9.17, 15) is 13.2 Å². The summed E-state index contributed by atoms with van der Waals surface area (Å²) in [6.07, 6.45) is 1.52. The van der Waals surface area contributed by atoms with Crippen molar-refractivity contribution in [3.8, 4) is 0 Å². The van der Waals surface area contributed by atoms with Gasteiger partial charge in [-0.15, -0.1) is 0 Å². The van der Waals surface area contributed by atoms with Crippen LogP contribution in [0.1, 0.15) is 19.3 Å². The number of carboxylic acids is 1. The minimum absolute atomic E-state index is 0.152. The van der Waals surface area contributed by atoms with Crippen LogP contribution in [0.5, 0.6) is 0 Å². The Labute approximate surface area is 106 Å². The summed E-state index contributed by atoms with van der Waals surface area (Å²) in [4.78, 5) is 10.8. The Morgan fingerprint density at radius 2 is 1.94 bits per heavy atom. The quantitative estimate of drug-likeness (QED) is 0.749. The van der Waals surface area contributed by atoms with E-state index in [1.807, 2.05) is 0 Å². The van der Waals surface area contributed by atoms with Crippen LogP contribution in [0.2, 0.25) is 0 Å². The lowest BCUT2D eigenvalue weighted by Gasteiger charge is -2.36. The van der Waals surface area contributed by atoms with Crippen molar-refractivity contribution in [3.63, 3.8) is 0 Å². The highest BCUT2D eigenvalue weighted by molar-refractivity contribution is 7.86. The van der Waals surface area contributed by atoms with Gasteiger partial charge in [0.2, 0.25) is 0 Å². The molecule has 0 bridgehead atoms. The van der Waals surface area contributed by atoms with Crippen LogP contribution in [0.3, 0.4) is 0 Å². The molecule has 104 valence electrons. The van der Waals surface area contributed by atoms with Crippen LogP contribution in [-0.2, 0) is 19.7 Å². The summed E-state index contributed by atoms with van der Waals surface area (Å²) in [5.41, 5.74) is 0. The van der Waals surface area contributed by atoms with Crippen molar-refractivity contribution in [2.75, 3.05) is 32.8 Å². The van der Waals surface area contributed by atoms with E-state index < -0.39 is 22.2 Å². The molecule has 2 rings (SSSR count). The first kappa shape index (κ1) is 13.7. The normalized spacial score (nSPS) is 27.4. The SMILES string of the molecule is O=C(O)CC1COCCN1S(=O)(=O)N1CCCC1. The summed E-state index contributed by atoms with van der Waals surface area (Å²) in [5, 5.41) is 8.82. The Morgan fingerprint density at radius 3 is 2.56 bits per heavy atom. The molecule has 2 aliphatic rings. The van der Waals surface area contributed by atoms with Gasteiger partial charge in [0.25, 0.3) is 10.2 Å². The van der Waals surface area contributed by atoms with E-state index in [4.69, 9.17) is 9.84 Å². The van der Waals surface area contributed by atoms with Gasteiger partial charge in [0.15, 0.2) is 0 Å². The summed E-state index contributed by atoms with van der Waals surface area (Å²) in [6.45, 7) is 1.76. The van der Waals surface area contributed by atoms with Gasteiger partial charge in [-0.05, 0) is 12.8 Å². The van der Waals surface area contributed by atoms with E-state index in [1.54, 1.807) is 0 Å². The Bertz CT molecular complexity index is 404. The highest BCUT2D eigenvalue weighted by atomic mass is 32.2. The number of rotatable bonds is 4. The average Bonchev–Trinajstić information content (AvgIpc) is 2.82. The van der Waals surface area contributed by atoms with Crippen LogP contribution < -0.4 is 0 Å². The van der Waals surface area contributed by atoms with Gasteiger partial charge in [-0.1, -0.05) is 0 Å². The van der Waals surface area contributed by atoms with Crippen molar-refractivity contribution in [1.82, 2.24) is 8.61 Å². The van der Waals surface area contributed by atoms with Gasteiger partial charge in [0, 0.05) is 19.6 Å². The van der Waals surface area contributed by atoms with Crippen molar-refractivity contribution in [1.29, 1.82) is 0 Å². The number of aliphatic carboxylic acids is 1. The molecule has 1 unspecified atom stereocenters. The van der Waals surface area contributed by atoms with E-state index in [2.05, 4.69) is 0 Å². The largest absolute Gasteiger partial charge is 0.481 e.